The molecular formula is C8H9Br2NO2. The van der Waals surface area contributed by atoms with Gasteiger partial charge >= 0.3 is 0 Å². The Bertz CT molecular complexity index is 304. The first kappa shape index (κ1) is 10.9. The Morgan fingerprint density at radius 1 is 1.38 bits per heavy atom. The molecule has 1 heterocycles. The monoisotopic (exact) mass is 309 g/mol. The van der Waals surface area contributed by atoms with Crippen LogP contribution in [-0.4, -0.2) is 21.8 Å². The number of aromatic hydroxyl groups is 1. The molecule has 1 rings (SSSR count). The molecule has 0 amide bonds. The maximum atomic E-state index is 9.46. The van der Waals surface area contributed by atoms with Crippen LogP contribution in [0.4, 0.5) is 0 Å². The molecule has 13 heavy (non-hydrogen) atoms. The predicted molar refractivity (Wildman–Crippen MR) is 57.0 cm³/mol. The van der Waals surface area contributed by atoms with Gasteiger partial charge in [0.2, 0.25) is 0 Å². The molecule has 1 aromatic rings. The maximum Gasteiger partial charge on any atom is 0.137 e. The lowest BCUT2D eigenvalue weighted by molar-refractivity contribution is 0.297. The van der Waals surface area contributed by atoms with Gasteiger partial charge in [0.05, 0.1) is 6.20 Å². The summed E-state index contributed by atoms with van der Waals surface area (Å²) in [6, 6.07) is 0. The van der Waals surface area contributed by atoms with Crippen molar-refractivity contribution in [3.63, 3.8) is 0 Å². The Hall–Kier alpha value is -0.130. The first-order chi connectivity index (χ1) is 6.20. The van der Waals surface area contributed by atoms with E-state index in [0.717, 1.165) is 11.1 Å². The fourth-order valence-corrected chi connectivity index (χ4v) is 2.54. The average molecular weight is 311 g/mol. The highest BCUT2D eigenvalue weighted by Crippen LogP contribution is 2.28. The largest absolute Gasteiger partial charge is 0.506 e. The smallest absolute Gasteiger partial charge is 0.137 e. The molecule has 0 saturated heterocycles. The summed E-state index contributed by atoms with van der Waals surface area (Å²) < 4.78 is 0.700. The third-order valence-corrected chi connectivity index (χ3v) is 2.96. The normalized spacial score (nSPS) is 10.4. The summed E-state index contributed by atoms with van der Waals surface area (Å²) in [5, 5.41) is 18.9. The molecule has 0 spiro atoms. The number of alkyl halides is 1. The fourth-order valence-electron chi connectivity index (χ4n) is 1.08. The Balaban J connectivity index is 3.18. The number of rotatable bonds is 3. The van der Waals surface area contributed by atoms with Gasteiger partial charge in [-0.25, -0.2) is 4.98 Å². The van der Waals surface area contributed by atoms with Crippen LogP contribution in [0.3, 0.4) is 0 Å². The van der Waals surface area contributed by atoms with Gasteiger partial charge in [-0.3, -0.25) is 0 Å². The van der Waals surface area contributed by atoms with Crippen LogP contribution in [-0.2, 0) is 11.8 Å². The van der Waals surface area contributed by atoms with Crippen molar-refractivity contribution in [2.24, 2.45) is 0 Å². The Morgan fingerprint density at radius 2 is 2.08 bits per heavy atom. The van der Waals surface area contributed by atoms with Crippen LogP contribution in [0, 0.1) is 0 Å². The van der Waals surface area contributed by atoms with Gasteiger partial charge in [0.25, 0.3) is 0 Å². The van der Waals surface area contributed by atoms with Gasteiger partial charge in [0, 0.05) is 23.1 Å². The van der Waals surface area contributed by atoms with E-state index in [-0.39, 0.29) is 12.4 Å². The van der Waals surface area contributed by atoms with E-state index in [1.807, 2.05) is 0 Å². The summed E-state index contributed by atoms with van der Waals surface area (Å²) in [5.41, 5.74) is 1.62. The molecule has 1 aromatic heterocycles. The molecule has 0 aromatic carbocycles. The number of aliphatic hydroxyl groups excluding tert-OH is 1. The van der Waals surface area contributed by atoms with Crippen molar-refractivity contribution in [3.05, 3.63) is 21.9 Å². The second kappa shape index (κ2) is 4.93. The molecule has 0 radical (unpaired) electrons. The van der Waals surface area contributed by atoms with Crippen LogP contribution in [0.1, 0.15) is 11.1 Å². The van der Waals surface area contributed by atoms with Crippen LogP contribution in [0.2, 0.25) is 0 Å². The molecule has 0 atom stereocenters. The van der Waals surface area contributed by atoms with E-state index in [1.165, 1.54) is 6.20 Å². The highest BCUT2D eigenvalue weighted by Gasteiger charge is 2.10. The summed E-state index contributed by atoms with van der Waals surface area (Å²) in [5.74, 6) is 0.131. The highest BCUT2D eigenvalue weighted by molar-refractivity contribution is 9.10. The number of nitrogens with zero attached hydrogens (tertiary/aromatic N) is 1. The molecule has 0 unspecified atom stereocenters. The van der Waals surface area contributed by atoms with Gasteiger partial charge in [0.1, 0.15) is 10.4 Å². The number of aliphatic hydroxyl groups is 1. The van der Waals surface area contributed by atoms with Gasteiger partial charge in [-0.05, 0) is 22.4 Å². The van der Waals surface area contributed by atoms with Gasteiger partial charge < -0.3 is 10.2 Å². The quantitative estimate of drug-likeness (QED) is 0.663. The summed E-state index contributed by atoms with van der Waals surface area (Å²) in [4.78, 5) is 3.95. The summed E-state index contributed by atoms with van der Waals surface area (Å²) in [7, 11) is 0. The van der Waals surface area contributed by atoms with E-state index in [1.54, 1.807) is 0 Å². The van der Waals surface area contributed by atoms with Crippen molar-refractivity contribution < 1.29 is 10.2 Å². The van der Waals surface area contributed by atoms with E-state index < -0.39 is 0 Å². The van der Waals surface area contributed by atoms with Crippen molar-refractivity contribution in [1.29, 1.82) is 0 Å². The summed E-state index contributed by atoms with van der Waals surface area (Å²) in [6.45, 7) is 0.0179. The van der Waals surface area contributed by atoms with Crippen molar-refractivity contribution in [2.75, 3.05) is 6.61 Å². The van der Waals surface area contributed by atoms with Gasteiger partial charge in [-0.15, -0.1) is 0 Å². The topological polar surface area (TPSA) is 53.4 Å². The minimum absolute atomic E-state index is 0.0179. The van der Waals surface area contributed by atoms with Crippen molar-refractivity contribution >= 4 is 31.9 Å². The SMILES string of the molecule is OCCc1c(O)cnc(Br)c1CBr. The fraction of sp³-hybridized carbons (Fsp3) is 0.375. The molecule has 0 saturated carbocycles. The van der Waals surface area contributed by atoms with Crippen molar-refractivity contribution in [2.45, 2.75) is 11.8 Å². The molecular weight excluding hydrogens is 302 g/mol. The number of aromatic nitrogens is 1. The minimum Gasteiger partial charge on any atom is -0.506 e. The van der Waals surface area contributed by atoms with Crippen LogP contribution in [0.15, 0.2) is 10.8 Å². The summed E-state index contributed by atoms with van der Waals surface area (Å²) >= 11 is 6.58. The van der Waals surface area contributed by atoms with Crippen molar-refractivity contribution in [3.8, 4) is 5.75 Å². The number of hydrogen-bond donors (Lipinski definition) is 2. The van der Waals surface area contributed by atoms with Crippen LogP contribution >= 0.6 is 31.9 Å². The van der Waals surface area contributed by atoms with E-state index in [2.05, 4.69) is 36.8 Å². The first-order valence-electron chi connectivity index (χ1n) is 3.72. The van der Waals surface area contributed by atoms with Gasteiger partial charge in [-0.1, -0.05) is 15.9 Å². The minimum atomic E-state index is 0.0179. The lowest BCUT2D eigenvalue weighted by Crippen LogP contribution is -1.99. The number of pyridine rings is 1. The van der Waals surface area contributed by atoms with Crippen molar-refractivity contribution in [1.82, 2.24) is 4.98 Å². The second-order valence-corrected chi connectivity index (χ2v) is 3.81. The molecule has 0 aliphatic rings. The zero-order valence-electron chi connectivity index (χ0n) is 6.80. The standard InChI is InChI=1S/C8H9Br2NO2/c9-3-6-5(1-2-12)7(13)4-11-8(6)10/h4,12-13H,1-3H2. The molecule has 3 nitrogen and oxygen atoms in total. The molecule has 0 fully saturated rings. The molecule has 0 bridgehead atoms. The molecule has 2 N–H and O–H groups in total. The van der Waals surface area contributed by atoms with E-state index >= 15 is 0 Å². The molecule has 0 aliphatic heterocycles. The molecule has 0 aliphatic carbocycles. The van der Waals surface area contributed by atoms with E-state index in [9.17, 15) is 5.11 Å². The zero-order valence-corrected chi connectivity index (χ0v) is 9.97. The van der Waals surface area contributed by atoms with E-state index in [4.69, 9.17) is 5.11 Å². The highest BCUT2D eigenvalue weighted by atomic mass is 79.9. The first-order valence-corrected chi connectivity index (χ1v) is 5.64. The number of halogens is 2. The van der Waals surface area contributed by atoms with E-state index in [0.29, 0.717) is 16.4 Å². The Kier molecular flexibility index (Phi) is 4.15. The molecule has 5 heteroatoms. The number of hydrogen-bond acceptors (Lipinski definition) is 3. The third-order valence-electron chi connectivity index (χ3n) is 1.72. The van der Waals surface area contributed by atoms with Gasteiger partial charge in [-0.2, -0.15) is 0 Å². The Morgan fingerprint density at radius 3 is 2.62 bits per heavy atom. The maximum absolute atomic E-state index is 9.46. The van der Waals surface area contributed by atoms with Gasteiger partial charge in [0.15, 0.2) is 0 Å². The average Bonchev–Trinajstić information content (AvgIpc) is 2.12. The second-order valence-electron chi connectivity index (χ2n) is 2.50. The predicted octanol–water partition coefficient (Wildman–Crippen LogP) is 1.98. The lowest BCUT2D eigenvalue weighted by atomic mass is 10.1. The lowest BCUT2D eigenvalue weighted by Gasteiger charge is -2.09. The van der Waals surface area contributed by atoms with Crippen LogP contribution < -0.4 is 0 Å². The van der Waals surface area contributed by atoms with Crippen LogP contribution in [0.25, 0.3) is 0 Å². The third kappa shape index (κ3) is 2.42. The van der Waals surface area contributed by atoms with Crippen LogP contribution in [0.5, 0.6) is 5.75 Å². The summed E-state index contributed by atoms with van der Waals surface area (Å²) in [6.07, 6.45) is 1.81. The molecule has 72 valence electrons. The Labute approximate surface area is 93.1 Å². The zero-order chi connectivity index (χ0) is 9.84.